The third-order valence-corrected chi connectivity index (χ3v) is 5.70. The van der Waals surface area contributed by atoms with Gasteiger partial charge in [0.15, 0.2) is 5.82 Å². The normalized spacial score (nSPS) is 15.8. The fraction of sp³-hybridized carbons (Fsp3) is 0.200. The van der Waals surface area contributed by atoms with Crippen LogP contribution >= 0.6 is 0 Å². The standard InChI is InChI=1S/C25H21N3O2/c1-16-13-17-3-7-20(15-24(17)29-16)30-23-9-12-28(19-5-6-19)22-14-18(4-8-21(22)23)25-26-10-2-11-27-25/h2-4,7-11,13-15,19H,5-6,12H2,1H3. The summed E-state index contributed by atoms with van der Waals surface area (Å²) in [5, 5.41) is 1.09. The number of aromatic nitrogens is 2. The molecule has 5 heteroatoms. The van der Waals surface area contributed by atoms with Crippen LogP contribution in [0.25, 0.3) is 28.1 Å². The first-order valence-electron chi connectivity index (χ1n) is 10.3. The second-order valence-corrected chi connectivity index (χ2v) is 7.91. The first-order chi connectivity index (χ1) is 14.7. The van der Waals surface area contributed by atoms with Crippen LogP contribution in [-0.2, 0) is 0 Å². The van der Waals surface area contributed by atoms with Crippen molar-refractivity contribution in [1.82, 2.24) is 9.97 Å². The zero-order chi connectivity index (χ0) is 20.1. The monoisotopic (exact) mass is 395 g/mol. The molecule has 6 rings (SSSR count). The van der Waals surface area contributed by atoms with E-state index in [0.717, 1.165) is 51.7 Å². The van der Waals surface area contributed by atoms with Crippen molar-refractivity contribution in [2.24, 2.45) is 0 Å². The molecule has 30 heavy (non-hydrogen) atoms. The highest BCUT2D eigenvalue weighted by atomic mass is 16.5. The van der Waals surface area contributed by atoms with Gasteiger partial charge in [-0.3, -0.25) is 0 Å². The predicted octanol–water partition coefficient (Wildman–Crippen LogP) is 5.60. The van der Waals surface area contributed by atoms with Gasteiger partial charge in [0.1, 0.15) is 22.9 Å². The molecule has 3 heterocycles. The molecule has 0 amide bonds. The minimum Gasteiger partial charge on any atom is -0.461 e. The van der Waals surface area contributed by atoms with E-state index < -0.39 is 0 Å². The molecule has 1 aliphatic carbocycles. The Hall–Kier alpha value is -3.60. The molecular weight excluding hydrogens is 374 g/mol. The molecule has 4 aromatic rings. The molecule has 1 saturated carbocycles. The fourth-order valence-electron chi connectivity index (χ4n) is 4.12. The molecule has 148 valence electrons. The van der Waals surface area contributed by atoms with E-state index in [4.69, 9.17) is 9.15 Å². The maximum Gasteiger partial charge on any atom is 0.159 e. The lowest BCUT2D eigenvalue weighted by Crippen LogP contribution is -2.30. The third-order valence-electron chi connectivity index (χ3n) is 5.70. The van der Waals surface area contributed by atoms with Crippen molar-refractivity contribution >= 4 is 22.4 Å². The van der Waals surface area contributed by atoms with E-state index in [9.17, 15) is 0 Å². The minimum absolute atomic E-state index is 0.607. The Balaban J connectivity index is 1.38. The SMILES string of the molecule is Cc1cc2ccc(OC3=CCN(C4CC4)c4cc(-c5ncccn5)ccc43)cc2o1. The summed E-state index contributed by atoms with van der Waals surface area (Å²) in [4.78, 5) is 11.3. The van der Waals surface area contributed by atoms with E-state index in [1.807, 2.05) is 37.3 Å². The maximum atomic E-state index is 6.34. The highest BCUT2D eigenvalue weighted by Gasteiger charge is 2.33. The topological polar surface area (TPSA) is 51.4 Å². The number of benzene rings is 2. The van der Waals surface area contributed by atoms with Crippen LogP contribution in [-0.4, -0.2) is 22.6 Å². The van der Waals surface area contributed by atoms with Crippen LogP contribution in [0.15, 0.2) is 71.4 Å². The number of hydrogen-bond donors (Lipinski definition) is 0. The van der Waals surface area contributed by atoms with E-state index >= 15 is 0 Å². The van der Waals surface area contributed by atoms with Crippen LogP contribution < -0.4 is 9.64 Å². The minimum atomic E-state index is 0.607. The molecule has 0 saturated heterocycles. The van der Waals surface area contributed by atoms with E-state index in [-0.39, 0.29) is 0 Å². The number of ether oxygens (including phenoxy) is 1. The number of hydrogen-bond acceptors (Lipinski definition) is 5. The second kappa shape index (κ2) is 6.73. The van der Waals surface area contributed by atoms with Crippen molar-refractivity contribution in [1.29, 1.82) is 0 Å². The molecule has 0 radical (unpaired) electrons. The molecule has 1 aliphatic heterocycles. The van der Waals surface area contributed by atoms with Crippen molar-refractivity contribution in [2.75, 3.05) is 11.4 Å². The van der Waals surface area contributed by atoms with E-state index in [0.29, 0.717) is 6.04 Å². The van der Waals surface area contributed by atoms with Gasteiger partial charge in [0, 0.05) is 53.2 Å². The van der Waals surface area contributed by atoms with Gasteiger partial charge in [-0.1, -0.05) is 6.07 Å². The molecular formula is C25H21N3O2. The molecule has 0 N–H and O–H groups in total. The summed E-state index contributed by atoms with van der Waals surface area (Å²) in [5.41, 5.74) is 4.16. The maximum absolute atomic E-state index is 6.34. The Morgan fingerprint density at radius 1 is 1.03 bits per heavy atom. The molecule has 0 bridgehead atoms. The molecule has 2 aromatic carbocycles. The fourth-order valence-corrected chi connectivity index (χ4v) is 4.12. The lowest BCUT2D eigenvalue weighted by molar-refractivity contribution is 0.508. The van der Waals surface area contributed by atoms with Gasteiger partial charge < -0.3 is 14.1 Å². The van der Waals surface area contributed by atoms with E-state index in [1.165, 1.54) is 18.5 Å². The van der Waals surface area contributed by atoms with Gasteiger partial charge >= 0.3 is 0 Å². The first kappa shape index (κ1) is 17.3. The van der Waals surface area contributed by atoms with E-state index in [2.05, 4.69) is 39.1 Å². The summed E-state index contributed by atoms with van der Waals surface area (Å²) >= 11 is 0. The molecule has 0 spiro atoms. The number of aryl methyl sites for hydroxylation is 1. The third kappa shape index (κ3) is 3.03. The lowest BCUT2D eigenvalue weighted by Gasteiger charge is -2.31. The van der Waals surface area contributed by atoms with Crippen molar-refractivity contribution < 1.29 is 9.15 Å². The Morgan fingerprint density at radius 2 is 1.90 bits per heavy atom. The van der Waals surface area contributed by atoms with Crippen LogP contribution in [0.2, 0.25) is 0 Å². The Labute approximate surface area is 174 Å². The van der Waals surface area contributed by atoms with Crippen LogP contribution in [0.1, 0.15) is 24.2 Å². The number of anilines is 1. The van der Waals surface area contributed by atoms with Crippen LogP contribution in [0.5, 0.6) is 5.75 Å². The molecule has 1 fully saturated rings. The zero-order valence-electron chi connectivity index (χ0n) is 16.7. The smallest absolute Gasteiger partial charge is 0.159 e. The van der Waals surface area contributed by atoms with Gasteiger partial charge in [-0.15, -0.1) is 0 Å². The molecule has 5 nitrogen and oxygen atoms in total. The highest BCUT2D eigenvalue weighted by Crippen LogP contribution is 2.41. The van der Waals surface area contributed by atoms with Gasteiger partial charge in [0.2, 0.25) is 0 Å². The van der Waals surface area contributed by atoms with Crippen molar-refractivity contribution in [3.05, 3.63) is 78.3 Å². The largest absolute Gasteiger partial charge is 0.461 e. The first-order valence-corrected chi connectivity index (χ1v) is 10.3. The van der Waals surface area contributed by atoms with Crippen molar-refractivity contribution in [3.8, 4) is 17.1 Å². The summed E-state index contributed by atoms with van der Waals surface area (Å²) in [5.74, 6) is 3.31. The average Bonchev–Trinajstić information content (AvgIpc) is 3.55. The zero-order valence-corrected chi connectivity index (χ0v) is 16.7. The van der Waals surface area contributed by atoms with Crippen molar-refractivity contribution in [2.45, 2.75) is 25.8 Å². The summed E-state index contributed by atoms with van der Waals surface area (Å²) in [6.45, 7) is 2.80. The van der Waals surface area contributed by atoms with Crippen molar-refractivity contribution in [3.63, 3.8) is 0 Å². The molecule has 0 unspecified atom stereocenters. The quantitative estimate of drug-likeness (QED) is 0.450. The second-order valence-electron chi connectivity index (χ2n) is 7.91. The van der Waals surface area contributed by atoms with E-state index in [1.54, 1.807) is 12.4 Å². The molecule has 2 aromatic heterocycles. The number of rotatable bonds is 4. The average molecular weight is 395 g/mol. The van der Waals surface area contributed by atoms with Gasteiger partial charge in [-0.25, -0.2) is 9.97 Å². The summed E-state index contributed by atoms with van der Waals surface area (Å²) in [6.07, 6.45) is 8.22. The highest BCUT2D eigenvalue weighted by molar-refractivity contribution is 5.83. The van der Waals surface area contributed by atoms with Crippen LogP contribution in [0.3, 0.4) is 0 Å². The van der Waals surface area contributed by atoms with Gasteiger partial charge in [0.05, 0.1) is 0 Å². The van der Waals surface area contributed by atoms with Gasteiger partial charge in [-0.2, -0.15) is 0 Å². The lowest BCUT2D eigenvalue weighted by atomic mass is 10.0. The van der Waals surface area contributed by atoms with Crippen LogP contribution in [0, 0.1) is 6.92 Å². The summed E-state index contributed by atoms with van der Waals surface area (Å²) in [7, 11) is 0. The Bertz CT molecular complexity index is 1270. The van der Waals surface area contributed by atoms with Crippen LogP contribution in [0.4, 0.5) is 5.69 Å². The number of furan rings is 1. The van der Waals surface area contributed by atoms with Gasteiger partial charge in [0.25, 0.3) is 0 Å². The molecule has 2 aliphatic rings. The number of fused-ring (bicyclic) bond motifs is 2. The predicted molar refractivity (Wildman–Crippen MR) is 117 cm³/mol. The molecule has 0 atom stereocenters. The Kier molecular flexibility index (Phi) is 3.88. The van der Waals surface area contributed by atoms with Gasteiger partial charge in [-0.05, 0) is 62.2 Å². The summed E-state index contributed by atoms with van der Waals surface area (Å²) < 4.78 is 12.1. The number of nitrogens with zero attached hydrogens (tertiary/aromatic N) is 3. The Morgan fingerprint density at radius 3 is 2.73 bits per heavy atom. The summed E-state index contributed by atoms with van der Waals surface area (Å²) in [6, 6.07) is 16.9.